The van der Waals surface area contributed by atoms with E-state index in [0.717, 1.165) is 5.56 Å². The molecule has 98 valence electrons. The number of para-hydroxylation sites is 1. The summed E-state index contributed by atoms with van der Waals surface area (Å²) in [6, 6.07) is 13.3. The first-order chi connectivity index (χ1) is 9.15. The van der Waals surface area contributed by atoms with Gasteiger partial charge in [0, 0.05) is 19.3 Å². The lowest BCUT2D eigenvalue weighted by Crippen LogP contribution is -2.28. The van der Waals surface area contributed by atoms with Gasteiger partial charge in [-0.15, -0.1) is 0 Å². The molecule has 0 spiro atoms. The smallest absolute Gasteiger partial charge is 0.260 e. The minimum absolute atomic E-state index is 0.0526. The molecule has 0 aliphatic rings. The fourth-order valence-electron chi connectivity index (χ4n) is 1.94. The van der Waals surface area contributed by atoms with E-state index in [1.54, 1.807) is 25.2 Å². The van der Waals surface area contributed by atoms with E-state index in [9.17, 15) is 9.18 Å². The van der Waals surface area contributed by atoms with Crippen LogP contribution in [0.4, 0.5) is 10.1 Å². The van der Waals surface area contributed by atoms with Gasteiger partial charge >= 0.3 is 0 Å². The first kappa shape index (κ1) is 13.2. The Balaban J connectivity index is 2.37. The number of amides is 1. The lowest BCUT2D eigenvalue weighted by molar-refractivity contribution is 0.0989. The molecular weight excluding hydrogens is 243 g/mol. The first-order valence-electron chi connectivity index (χ1n) is 5.95. The van der Waals surface area contributed by atoms with Gasteiger partial charge < -0.3 is 10.6 Å². The quantitative estimate of drug-likeness (QED) is 0.919. The molecule has 0 fully saturated rings. The van der Waals surface area contributed by atoms with Crippen LogP contribution in [0.1, 0.15) is 15.9 Å². The van der Waals surface area contributed by atoms with E-state index >= 15 is 0 Å². The Morgan fingerprint density at radius 3 is 2.47 bits per heavy atom. The molecule has 2 aromatic rings. The second kappa shape index (κ2) is 5.63. The minimum atomic E-state index is -0.524. The second-order valence-electron chi connectivity index (χ2n) is 4.18. The van der Waals surface area contributed by atoms with Crippen LogP contribution in [0, 0.1) is 5.82 Å². The van der Waals surface area contributed by atoms with Crippen molar-refractivity contribution in [3.05, 3.63) is 65.5 Å². The second-order valence-corrected chi connectivity index (χ2v) is 4.18. The molecule has 0 atom stereocenters. The number of hydrogen-bond donors (Lipinski definition) is 1. The molecule has 0 aliphatic heterocycles. The molecule has 0 saturated heterocycles. The number of rotatable bonds is 3. The summed E-state index contributed by atoms with van der Waals surface area (Å²) in [5.74, 6) is -0.913. The predicted molar refractivity (Wildman–Crippen MR) is 73.5 cm³/mol. The topological polar surface area (TPSA) is 46.3 Å². The highest BCUT2D eigenvalue weighted by Gasteiger charge is 2.18. The minimum Gasteiger partial charge on any atom is -0.326 e. The highest BCUT2D eigenvalue weighted by molar-refractivity contribution is 6.06. The van der Waals surface area contributed by atoms with Crippen LogP contribution in [0.3, 0.4) is 0 Å². The molecular formula is C15H15FN2O. The van der Waals surface area contributed by atoms with Crippen LogP contribution in [0.25, 0.3) is 0 Å². The first-order valence-corrected chi connectivity index (χ1v) is 5.95. The van der Waals surface area contributed by atoms with Crippen molar-refractivity contribution in [2.75, 3.05) is 11.9 Å². The predicted octanol–water partition coefficient (Wildman–Crippen LogP) is 2.56. The van der Waals surface area contributed by atoms with E-state index in [1.165, 1.54) is 17.0 Å². The molecule has 1 amide bonds. The van der Waals surface area contributed by atoms with E-state index in [1.807, 2.05) is 18.2 Å². The molecule has 0 aromatic heterocycles. The van der Waals surface area contributed by atoms with E-state index in [2.05, 4.69) is 0 Å². The third kappa shape index (κ3) is 2.63. The Bertz CT molecular complexity index is 598. The van der Waals surface area contributed by atoms with E-state index in [0.29, 0.717) is 12.2 Å². The third-order valence-corrected chi connectivity index (χ3v) is 2.98. The van der Waals surface area contributed by atoms with Gasteiger partial charge in [0.25, 0.3) is 5.91 Å². The summed E-state index contributed by atoms with van der Waals surface area (Å²) in [5.41, 5.74) is 7.23. The molecule has 0 bridgehead atoms. The number of halogens is 1. The van der Waals surface area contributed by atoms with E-state index in [4.69, 9.17) is 5.73 Å². The van der Waals surface area contributed by atoms with Crippen LogP contribution in [0.5, 0.6) is 0 Å². The van der Waals surface area contributed by atoms with Gasteiger partial charge in [0.15, 0.2) is 0 Å². The van der Waals surface area contributed by atoms with Gasteiger partial charge in [0.1, 0.15) is 5.82 Å². The highest BCUT2D eigenvalue weighted by Crippen LogP contribution is 2.21. The number of carbonyl (C=O) groups is 1. The summed E-state index contributed by atoms with van der Waals surface area (Å²) < 4.78 is 13.6. The van der Waals surface area contributed by atoms with Crippen molar-refractivity contribution in [2.45, 2.75) is 6.54 Å². The number of nitrogens with two attached hydrogens (primary N) is 1. The van der Waals surface area contributed by atoms with Gasteiger partial charge in [-0.2, -0.15) is 0 Å². The molecule has 2 N–H and O–H groups in total. The average molecular weight is 258 g/mol. The van der Waals surface area contributed by atoms with Crippen LogP contribution >= 0.6 is 0 Å². The van der Waals surface area contributed by atoms with Crippen molar-refractivity contribution in [3.63, 3.8) is 0 Å². The van der Waals surface area contributed by atoms with Crippen molar-refractivity contribution in [1.29, 1.82) is 0 Å². The summed E-state index contributed by atoms with van der Waals surface area (Å²) in [7, 11) is 1.61. The number of hydrogen-bond acceptors (Lipinski definition) is 2. The zero-order valence-corrected chi connectivity index (χ0v) is 10.6. The summed E-state index contributed by atoms with van der Waals surface area (Å²) in [4.78, 5) is 13.7. The number of nitrogens with zero attached hydrogens (tertiary/aromatic N) is 1. The fraction of sp³-hybridized carbons (Fsp3) is 0.133. The number of benzene rings is 2. The van der Waals surface area contributed by atoms with Crippen LogP contribution in [0.2, 0.25) is 0 Å². The molecule has 2 rings (SSSR count). The molecule has 0 saturated carbocycles. The summed E-state index contributed by atoms with van der Waals surface area (Å²) in [6.45, 7) is 0.324. The molecule has 4 heteroatoms. The van der Waals surface area contributed by atoms with Gasteiger partial charge in [0.2, 0.25) is 0 Å². The summed E-state index contributed by atoms with van der Waals surface area (Å²) >= 11 is 0. The summed E-state index contributed by atoms with van der Waals surface area (Å²) in [6.07, 6.45) is 0. The van der Waals surface area contributed by atoms with Crippen molar-refractivity contribution in [3.8, 4) is 0 Å². The molecule has 0 aliphatic carbocycles. The molecule has 19 heavy (non-hydrogen) atoms. The summed E-state index contributed by atoms with van der Waals surface area (Å²) in [5, 5.41) is 0. The molecule has 0 unspecified atom stereocenters. The van der Waals surface area contributed by atoms with Crippen LogP contribution in [-0.2, 0) is 6.54 Å². The molecule has 3 nitrogen and oxygen atoms in total. The van der Waals surface area contributed by atoms with Gasteiger partial charge in [0.05, 0.1) is 5.56 Å². The number of anilines is 1. The lowest BCUT2D eigenvalue weighted by Gasteiger charge is -2.20. The molecule has 2 aromatic carbocycles. The normalized spacial score (nSPS) is 10.3. The van der Waals surface area contributed by atoms with Crippen LogP contribution < -0.4 is 10.6 Å². The van der Waals surface area contributed by atoms with Gasteiger partial charge in [-0.25, -0.2) is 4.39 Å². The molecule has 0 radical (unpaired) electrons. The van der Waals surface area contributed by atoms with Crippen LogP contribution in [-0.4, -0.2) is 13.0 Å². The Morgan fingerprint density at radius 2 is 1.79 bits per heavy atom. The largest absolute Gasteiger partial charge is 0.326 e. The lowest BCUT2D eigenvalue weighted by atomic mass is 10.1. The van der Waals surface area contributed by atoms with E-state index in [-0.39, 0.29) is 11.5 Å². The van der Waals surface area contributed by atoms with Crippen molar-refractivity contribution < 1.29 is 9.18 Å². The average Bonchev–Trinajstić information content (AvgIpc) is 2.46. The monoisotopic (exact) mass is 258 g/mol. The fourth-order valence-corrected chi connectivity index (χ4v) is 1.94. The number of carbonyl (C=O) groups excluding carboxylic acids is 1. The van der Waals surface area contributed by atoms with Gasteiger partial charge in [-0.1, -0.05) is 30.3 Å². The van der Waals surface area contributed by atoms with Gasteiger partial charge in [-0.05, 0) is 23.8 Å². The Hall–Kier alpha value is -2.20. The van der Waals surface area contributed by atoms with Crippen LogP contribution in [0.15, 0.2) is 48.5 Å². The molecule has 0 heterocycles. The Morgan fingerprint density at radius 1 is 1.16 bits per heavy atom. The zero-order valence-electron chi connectivity index (χ0n) is 10.6. The maximum atomic E-state index is 13.6. The zero-order chi connectivity index (χ0) is 13.8. The third-order valence-electron chi connectivity index (χ3n) is 2.98. The maximum absolute atomic E-state index is 13.6. The van der Waals surface area contributed by atoms with Crippen molar-refractivity contribution in [1.82, 2.24) is 0 Å². The Labute approximate surface area is 111 Å². The van der Waals surface area contributed by atoms with Gasteiger partial charge in [-0.3, -0.25) is 4.79 Å². The SMILES string of the molecule is CN(C(=O)c1ccccc1F)c1ccccc1CN. The Kier molecular flexibility index (Phi) is 3.92. The standard InChI is InChI=1S/C15H15FN2O/c1-18(14-9-5-2-6-11(14)10-17)15(19)12-7-3-4-8-13(12)16/h2-9H,10,17H2,1H3. The van der Waals surface area contributed by atoms with Crippen molar-refractivity contribution in [2.24, 2.45) is 5.73 Å². The maximum Gasteiger partial charge on any atom is 0.260 e. The van der Waals surface area contributed by atoms with Crippen molar-refractivity contribution >= 4 is 11.6 Å². The van der Waals surface area contributed by atoms with E-state index < -0.39 is 5.82 Å². The highest BCUT2D eigenvalue weighted by atomic mass is 19.1.